The molecule has 1 aliphatic heterocycles. The SMILES string of the molecule is C=CC(=O)NCC1(O)CCN(C(C)C)CC1. The van der Waals surface area contributed by atoms with Crippen molar-refractivity contribution in [2.75, 3.05) is 19.6 Å². The molecule has 1 saturated heterocycles. The van der Waals surface area contributed by atoms with E-state index in [0.29, 0.717) is 25.4 Å². The molecule has 0 aliphatic carbocycles. The van der Waals surface area contributed by atoms with Crippen molar-refractivity contribution < 1.29 is 9.90 Å². The van der Waals surface area contributed by atoms with E-state index in [2.05, 4.69) is 30.6 Å². The first-order chi connectivity index (χ1) is 7.47. The van der Waals surface area contributed by atoms with E-state index in [-0.39, 0.29) is 5.91 Å². The smallest absolute Gasteiger partial charge is 0.243 e. The third-order valence-corrected chi connectivity index (χ3v) is 3.24. The minimum absolute atomic E-state index is 0.222. The molecule has 0 aromatic rings. The van der Waals surface area contributed by atoms with Gasteiger partial charge in [0.2, 0.25) is 5.91 Å². The van der Waals surface area contributed by atoms with E-state index in [9.17, 15) is 9.90 Å². The summed E-state index contributed by atoms with van der Waals surface area (Å²) in [6, 6.07) is 0.521. The predicted molar refractivity (Wildman–Crippen MR) is 64.1 cm³/mol. The molecule has 92 valence electrons. The Hall–Kier alpha value is -0.870. The molecular formula is C12H22N2O2. The maximum absolute atomic E-state index is 11.0. The fourth-order valence-electron chi connectivity index (χ4n) is 1.96. The van der Waals surface area contributed by atoms with Gasteiger partial charge >= 0.3 is 0 Å². The molecule has 0 spiro atoms. The predicted octanol–water partition coefficient (Wildman–Crippen LogP) is 0.524. The number of carbonyl (C=O) groups excluding carboxylic acids is 1. The maximum Gasteiger partial charge on any atom is 0.243 e. The van der Waals surface area contributed by atoms with Gasteiger partial charge in [0.15, 0.2) is 0 Å². The molecule has 1 fully saturated rings. The Kier molecular flexibility index (Phi) is 4.50. The maximum atomic E-state index is 11.0. The summed E-state index contributed by atoms with van der Waals surface area (Å²) in [5, 5.41) is 12.9. The monoisotopic (exact) mass is 226 g/mol. The van der Waals surface area contributed by atoms with Gasteiger partial charge in [-0.1, -0.05) is 6.58 Å². The van der Waals surface area contributed by atoms with E-state index in [4.69, 9.17) is 0 Å². The zero-order valence-corrected chi connectivity index (χ0v) is 10.2. The van der Waals surface area contributed by atoms with Gasteiger partial charge in [-0.3, -0.25) is 4.79 Å². The Bertz CT molecular complexity index is 256. The molecule has 16 heavy (non-hydrogen) atoms. The van der Waals surface area contributed by atoms with Gasteiger partial charge < -0.3 is 15.3 Å². The van der Waals surface area contributed by atoms with Crippen LogP contribution in [0.25, 0.3) is 0 Å². The van der Waals surface area contributed by atoms with Gasteiger partial charge in [-0.2, -0.15) is 0 Å². The molecule has 1 heterocycles. The fourth-order valence-corrected chi connectivity index (χ4v) is 1.96. The van der Waals surface area contributed by atoms with E-state index >= 15 is 0 Å². The van der Waals surface area contributed by atoms with E-state index < -0.39 is 5.60 Å². The van der Waals surface area contributed by atoms with Crippen molar-refractivity contribution in [2.45, 2.75) is 38.3 Å². The number of piperidine rings is 1. The zero-order valence-electron chi connectivity index (χ0n) is 10.2. The summed E-state index contributed by atoms with van der Waals surface area (Å²) in [5.41, 5.74) is -0.746. The van der Waals surface area contributed by atoms with Crippen LogP contribution < -0.4 is 5.32 Å². The average molecular weight is 226 g/mol. The van der Waals surface area contributed by atoms with Gasteiger partial charge in [-0.05, 0) is 32.8 Å². The van der Waals surface area contributed by atoms with E-state index in [0.717, 1.165) is 13.1 Å². The van der Waals surface area contributed by atoms with Crippen LogP contribution in [-0.4, -0.2) is 47.2 Å². The third kappa shape index (κ3) is 3.61. The quantitative estimate of drug-likeness (QED) is 0.687. The molecule has 0 saturated carbocycles. The van der Waals surface area contributed by atoms with Crippen LogP contribution in [0.4, 0.5) is 0 Å². The Balaban J connectivity index is 2.38. The van der Waals surface area contributed by atoms with Crippen LogP contribution >= 0.6 is 0 Å². The second-order valence-corrected chi connectivity index (χ2v) is 4.78. The van der Waals surface area contributed by atoms with Gasteiger partial charge in [-0.25, -0.2) is 0 Å². The molecule has 0 atom stereocenters. The lowest BCUT2D eigenvalue weighted by atomic mass is 9.90. The number of nitrogens with one attached hydrogen (secondary N) is 1. The second kappa shape index (κ2) is 5.46. The summed E-state index contributed by atoms with van der Waals surface area (Å²) >= 11 is 0. The molecule has 0 aromatic heterocycles. The van der Waals surface area contributed by atoms with Crippen LogP contribution in [0.2, 0.25) is 0 Å². The molecule has 4 nitrogen and oxygen atoms in total. The van der Waals surface area contributed by atoms with Crippen molar-refractivity contribution in [2.24, 2.45) is 0 Å². The molecule has 1 aliphatic rings. The topological polar surface area (TPSA) is 52.6 Å². The van der Waals surface area contributed by atoms with Crippen molar-refractivity contribution in [3.05, 3.63) is 12.7 Å². The summed E-state index contributed by atoms with van der Waals surface area (Å²) in [7, 11) is 0. The van der Waals surface area contributed by atoms with Gasteiger partial charge in [-0.15, -0.1) is 0 Å². The van der Waals surface area contributed by atoms with Crippen LogP contribution in [0.5, 0.6) is 0 Å². The van der Waals surface area contributed by atoms with E-state index in [1.165, 1.54) is 6.08 Å². The largest absolute Gasteiger partial charge is 0.388 e. The first-order valence-electron chi connectivity index (χ1n) is 5.83. The van der Waals surface area contributed by atoms with Gasteiger partial charge in [0, 0.05) is 25.7 Å². The van der Waals surface area contributed by atoms with E-state index in [1.54, 1.807) is 0 Å². The van der Waals surface area contributed by atoms with Gasteiger partial charge in [0.25, 0.3) is 0 Å². The molecule has 0 unspecified atom stereocenters. The van der Waals surface area contributed by atoms with Crippen molar-refractivity contribution in [3.63, 3.8) is 0 Å². The molecule has 0 radical (unpaired) electrons. The zero-order chi connectivity index (χ0) is 12.2. The molecule has 0 bridgehead atoms. The van der Waals surface area contributed by atoms with Crippen LogP contribution in [0.15, 0.2) is 12.7 Å². The third-order valence-electron chi connectivity index (χ3n) is 3.24. The van der Waals surface area contributed by atoms with Crippen molar-refractivity contribution in [3.8, 4) is 0 Å². The number of hydrogen-bond donors (Lipinski definition) is 2. The fraction of sp³-hybridized carbons (Fsp3) is 0.750. The first kappa shape index (κ1) is 13.2. The minimum atomic E-state index is -0.746. The molecule has 0 aromatic carbocycles. The number of carbonyl (C=O) groups is 1. The highest BCUT2D eigenvalue weighted by Gasteiger charge is 2.32. The Morgan fingerprint density at radius 3 is 2.56 bits per heavy atom. The number of amides is 1. The number of rotatable bonds is 4. The van der Waals surface area contributed by atoms with Gasteiger partial charge in [0.05, 0.1) is 5.60 Å². The lowest BCUT2D eigenvalue weighted by molar-refractivity contribution is -0.118. The Morgan fingerprint density at radius 2 is 2.12 bits per heavy atom. The highest BCUT2D eigenvalue weighted by atomic mass is 16.3. The normalized spacial score (nSPS) is 20.8. The highest BCUT2D eigenvalue weighted by molar-refractivity contribution is 5.86. The summed E-state index contributed by atoms with van der Waals surface area (Å²) in [4.78, 5) is 13.4. The highest BCUT2D eigenvalue weighted by Crippen LogP contribution is 2.22. The van der Waals surface area contributed by atoms with Gasteiger partial charge in [0.1, 0.15) is 0 Å². The molecule has 1 rings (SSSR count). The lowest BCUT2D eigenvalue weighted by Crippen LogP contribution is -2.52. The summed E-state index contributed by atoms with van der Waals surface area (Å²) in [6.45, 7) is 9.79. The Morgan fingerprint density at radius 1 is 1.56 bits per heavy atom. The standard InChI is InChI=1S/C12H22N2O2/c1-4-11(15)13-9-12(16)5-7-14(8-6-12)10(2)3/h4,10,16H,1,5-9H2,2-3H3,(H,13,15). The van der Waals surface area contributed by atoms with Crippen LogP contribution in [0.3, 0.4) is 0 Å². The number of nitrogens with zero attached hydrogens (tertiary/aromatic N) is 1. The minimum Gasteiger partial charge on any atom is -0.388 e. The Labute approximate surface area is 97.3 Å². The molecular weight excluding hydrogens is 204 g/mol. The van der Waals surface area contributed by atoms with Crippen molar-refractivity contribution in [1.82, 2.24) is 10.2 Å². The summed E-state index contributed by atoms with van der Waals surface area (Å²) in [6.07, 6.45) is 2.65. The van der Waals surface area contributed by atoms with Crippen LogP contribution in [0.1, 0.15) is 26.7 Å². The number of hydrogen-bond acceptors (Lipinski definition) is 3. The summed E-state index contributed by atoms with van der Waals surface area (Å²) < 4.78 is 0. The first-order valence-corrected chi connectivity index (χ1v) is 5.83. The molecule has 2 N–H and O–H groups in total. The number of likely N-dealkylation sites (tertiary alicyclic amines) is 1. The lowest BCUT2D eigenvalue weighted by Gasteiger charge is -2.39. The molecule has 4 heteroatoms. The van der Waals surface area contributed by atoms with Crippen molar-refractivity contribution in [1.29, 1.82) is 0 Å². The second-order valence-electron chi connectivity index (χ2n) is 4.78. The van der Waals surface area contributed by atoms with Crippen molar-refractivity contribution >= 4 is 5.91 Å². The number of aliphatic hydroxyl groups is 1. The molecule has 1 amide bonds. The summed E-state index contributed by atoms with van der Waals surface area (Å²) in [5.74, 6) is -0.222. The average Bonchev–Trinajstić information content (AvgIpc) is 2.26. The van der Waals surface area contributed by atoms with E-state index in [1.807, 2.05) is 0 Å². The van der Waals surface area contributed by atoms with Crippen LogP contribution in [-0.2, 0) is 4.79 Å². The van der Waals surface area contributed by atoms with Crippen LogP contribution in [0, 0.1) is 0 Å².